The van der Waals surface area contributed by atoms with Crippen LogP contribution in [-0.2, 0) is 13.9 Å². The van der Waals surface area contributed by atoms with Gasteiger partial charge in [0.2, 0.25) is 0 Å². The van der Waals surface area contributed by atoms with Crippen molar-refractivity contribution in [1.29, 1.82) is 0 Å². The molecule has 1 saturated heterocycles. The van der Waals surface area contributed by atoms with Crippen molar-refractivity contribution >= 4 is 18.7 Å². The number of ether oxygens (including phenoxy) is 2. The van der Waals surface area contributed by atoms with Gasteiger partial charge < -0.3 is 19.0 Å². The van der Waals surface area contributed by atoms with Crippen LogP contribution in [0, 0.1) is 0 Å². The van der Waals surface area contributed by atoms with E-state index in [4.69, 9.17) is 13.9 Å². The van der Waals surface area contributed by atoms with Crippen LogP contribution >= 0.6 is 0 Å². The van der Waals surface area contributed by atoms with E-state index in [1.54, 1.807) is 7.11 Å². The minimum absolute atomic E-state index is 0.0273. The van der Waals surface area contributed by atoms with Crippen LogP contribution in [0.2, 0.25) is 5.04 Å². The zero-order valence-corrected chi connectivity index (χ0v) is 18.3. The third kappa shape index (κ3) is 4.24. The van der Waals surface area contributed by atoms with Crippen LogP contribution in [-0.4, -0.2) is 45.6 Å². The smallest absolute Gasteiger partial charge is 0.261 e. The SMILES string of the molecule is CO[C@H]1C[C@@H](O[Si](c2ccccc2)(c2ccccc2)C(C)(C)C)C[C@H](CO)O1. The van der Waals surface area contributed by atoms with E-state index in [1.165, 1.54) is 10.4 Å². The van der Waals surface area contributed by atoms with Crippen molar-refractivity contribution in [1.82, 2.24) is 0 Å². The van der Waals surface area contributed by atoms with Crippen LogP contribution in [0.15, 0.2) is 60.7 Å². The number of aliphatic hydroxyl groups excluding tert-OH is 1. The van der Waals surface area contributed by atoms with E-state index < -0.39 is 8.32 Å². The monoisotopic (exact) mass is 400 g/mol. The van der Waals surface area contributed by atoms with E-state index in [0.717, 1.165) is 0 Å². The molecule has 28 heavy (non-hydrogen) atoms. The Morgan fingerprint density at radius 2 is 1.50 bits per heavy atom. The molecule has 3 rings (SSSR count). The second-order valence-electron chi connectivity index (χ2n) is 8.48. The molecule has 1 aliphatic rings. The van der Waals surface area contributed by atoms with Crippen molar-refractivity contribution in [2.45, 2.75) is 57.1 Å². The van der Waals surface area contributed by atoms with Gasteiger partial charge in [-0.05, 0) is 15.4 Å². The van der Waals surface area contributed by atoms with Crippen molar-refractivity contribution in [2.75, 3.05) is 13.7 Å². The molecule has 0 saturated carbocycles. The van der Waals surface area contributed by atoms with Gasteiger partial charge >= 0.3 is 0 Å². The molecule has 4 nitrogen and oxygen atoms in total. The first-order valence-electron chi connectivity index (χ1n) is 9.98. The number of hydrogen-bond donors (Lipinski definition) is 1. The summed E-state index contributed by atoms with van der Waals surface area (Å²) in [5.74, 6) is 0. The molecule has 0 aliphatic carbocycles. The summed E-state index contributed by atoms with van der Waals surface area (Å²) in [7, 11) is -0.971. The molecule has 5 heteroatoms. The number of benzene rings is 2. The summed E-state index contributed by atoms with van der Waals surface area (Å²) in [5.41, 5.74) is 0. The lowest BCUT2D eigenvalue weighted by molar-refractivity contribution is -0.208. The molecule has 3 atom stereocenters. The quantitative estimate of drug-likeness (QED) is 0.757. The Bertz CT molecular complexity index is 678. The highest BCUT2D eigenvalue weighted by atomic mass is 28.4. The predicted octanol–water partition coefficient (Wildman–Crippen LogP) is 3.08. The Morgan fingerprint density at radius 1 is 0.964 bits per heavy atom. The highest BCUT2D eigenvalue weighted by molar-refractivity contribution is 6.99. The normalized spacial score (nSPS) is 23.5. The van der Waals surface area contributed by atoms with Gasteiger partial charge in [-0.2, -0.15) is 0 Å². The number of aliphatic hydroxyl groups is 1. The van der Waals surface area contributed by atoms with Crippen molar-refractivity contribution in [3.05, 3.63) is 60.7 Å². The summed E-state index contributed by atoms with van der Waals surface area (Å²) in [6, 6.07) is 21.2. The van der Waals surface area contributed by atoms with Gasteiger partial charge in [0, 0.05) is 20.0 Å². The van der Waals surface area contributed by atoms with E-state index in [-0.39, 0.29) is 30.1 Å². The second kappa shape index (κ2) is 8.89. The average molecular weight is 401 g/mol. The van der Waals surface area contributed by atoms with Gasteiger partial charge in [-0.25, -0.2) is 0 Å². The summed E-state index contributed by atoms with van der Waals surface area (Å²) in [5, 5.41) is 12.1. The highest BCUT2D eigenvalue weighted by Gasteiger charge is 2.52. The van der Waals surface area contributed by atoms with Gasteiger partial charge in [-0.3, -0.25) is 0 Å². The van der Waals surface area contributed by atoms with Crippen LogP contribution in [0.25, 0.3) is 0 Å². The minimum atomic E-state index is -2.61. The summed E-state index contributed by atoms with van der Waals surface area (Å²) in [6.07, 6.45) is 0.677. The summed E-state index contributed by atoms with van der Waals surface area (Å²) >= 11 is 0. The molecule has 0 bridgehead atoms. The Labute approximate surface area is 169 Å². The zero-order chi connectivity index (χ0) is 20.2. The van der Waals surface area contributed by atoms with Gasteiger partial charge in [0.1, 0.15) is 0 Å². The molecular formula is C23H32O4Si. The topological polar surface area (TPSA) is 47.9 Å². The first-order chi connectivity index (χ1) is 13.4. The van der Waals surface area contributed by atoms with Gasteiger partial charge in [0.25, 0.3) is 8.32 Å². The molecule has 0 amide bonds. The fourth-order valence-electron chi connectivity index (χ4n) is 4.24. The van der Waals surface area contributed by atoms with Crippen LogP contribution in [0.1, 0.15) is 33.6 Å². The first-order valence-corrected chi connectivity index (χ1v) is 11.9. The van der Waals surface area contributed by atoms with Crippen LogP contribution in [0.5, 0.6) is 0 Å². The zero-order valence-electron chi connectivity index (χ0n) is 17.3. The summed E-state index contributed by atoms with van der Waals surface area (Å²) < 4.78 is 18.4. The Kier molecular flexibility index (Phi) is 6.73. The fourth-order valence-corrected chi connectivity index (χ4v) is 8.94. The van der Waals surface area contributed by atoms with Gasteiger partial charge in [-0.1, -0.05) is 81.4 Å². The Morgan fingerprint density at radius 3 is 1.93 bits per heavy atom. The lowest BCUT2D eigenvalue weighted by Gasteiger charge is -2.47. The Balaban J connectivity index is 2.08. The van der Waals surface area contributed by atoms with Crippen molar-refractivity contribution in [2.24, 2.45) is 0 Å². The van der Waals surface area contributed by atoms with Crippen LogP contribution in [0.3, 0.4) is 0 Å². The largest absolute Gasteiger partial charge is 0.404 e. The molecule has 1 heterocycles. The van der Waals surface area contributed by atoms with Crippen molar-refractivity contribution in [3.8, 4) is 0 Å². The number of methoxy groups -OCH3 is 1. The maximum absolute atomic E-state index is 9.69. The van der Waals surface area contributed by atoms with Crippen LogP contribution in [0.4, 0.5) is 0 Å². The van der Waals surface area contributed by atoms with Crippen LogP contribution < -0.4 is 10.4 Å². The lowest BCUT2D eigenvalue weighted by Crippen LogP contribution is -2.68. The Hall–Kier alpha value is -1.50. The first kappa shape index (κ1) is 21.2. The van der Waals surface area contributed by atoms with Gasteiger partial charge in [0.05, 0.1) is 18.8 Å². The molecule has 1 fully saturated rings. The molecule has 2 aromatic carbocycles. The maximum atomic E-state index is 9.69. The highest BCUT2D eigenvalue weighted by Crippen LogP contribution is 2.39. The van der Waals surface area contributed by atoms with E-state index in [2.05, 4.69) is 69.3 Å². The van der Waals surface area contributed by atoms with E-state index in [9.17, 15) is 5.11 Å². The molecular weight excluding hydrogens is 368 g/mol. The van der Waals surface area contributed by atoms with Gasteiger partial charge in [-0.15, -0.1) is 0 Å². The molecule has 2 aromatic rings. The molecule has 0 aromatic heterocycles. The average Bonchev–Trinajstić information content (AvgIpc) is 2.72. The second-order valence-corrected chi connectivity index (χ2v) is 12.7. The molecule has 1 aliphatic heterocycles. The molecule has 152 valence electrons. The predicted molar refractivity (Wildman–Crippen MR) is 114 cm³/mol. The van der Waals surface area contributed by atoms with Crippen molar-refractivity contribution in [3.63, 3.8) is 0 Å². The summed E-state index contributed by atoms with van der Waals surface area (Å²) in [6.45, 7) is 6.79. The molecule has 0 radical (unpaired) electrons. The van der Waals surface area contributed by atoms with Gasteiger partial charge in [0.15, 0.2) is 6.29 Å². The van der Waals surface area contributed by atoms with E-state index in [1.807, 2.05) is 12.1 Å². The summed E-state index contributed by atoms with van der Waals surface area (Å²) in [4.78, 5) is 0. The number of hydrogen-bond acceptors (Lipinski definition) is 4. The standard InChI is InChI=1S/C23H32O4Si/c1-23(2,3)28(20-11-7-5-8-12-20,21-13-9-6-10-14-21)27-18-15-19(17-24)26-22(16-18)25-4/h5-14,18-19,22,24H,15-17H2,1-4H3/t18-,19+,22+/m0/s1. The fraction of sp³-hybridized carbons (Fsp3) is 0.478. The molecule has 1 N–H and O–H groups in total. The molecule has 0 spiro atoms. The maximum Gasteiger partial charge on any atom is 0.261 e. The molecule has 0 unspecified atom stereocenters. The third-order valence-corrected chi connectivity index (χ3v) is 10.6. The van der Waals surface area contributed by atoms with E-state index >= 15 is 0 Å². The minimum Gasteiger partial charge on any atom is -0.404 e. The number of rotatable bonds is 6. The van der Waals surface area contributed by atoms with E-state index in [0.29, 0.717) is 12.8 Å². The lowest BCUT2D eigenvalue weighted by atomic mass is 10.1. The third-order valence-electron chi connectivity index (χ3n) is 5.55. The van der Waals surface area contributed by atoms with Crippen molar-refractivity contribution < 1.29 is 19.0 Å².